The van der Waals surface area contributed by atoms with Crippen molar-refractivity contribution in [3.63, 3.8) is 0 Å². The summed E-state index contributed by atoms with van der Waals surface area (Å²) in [4.78, 5) is 12.1. The molecule has 0 fully saturated rings. The Balaban J connectivity index is 2.82. The Morgan fingerprint density at radius 3 is 2.31 bits per heavy atom. The fourth-order valence-electron chi connectivity index (χ4n) is 3.94. The van der Waals surface area contributed by atoms with Gasteiger partial charge in [0, 0.05) is 11.1 Å². The van der Waals surface area contributed by atoms with Gasteiger partial charge in [-0.25, -0.2) is 4.79 Å². The molecule has 1 aromatic carbocycles. The van der Waals surface area contributed by atoms with E-state index in [0.717, 1.165) is 12.0 Å². The second kappa shape index (κ2) is 8.73. The summed E-state index contributed by atoms with van der Waals surface area (Å²) in [5.74, 6) is -1.14. The van der Waals surface area contributed by atoms with Gasteiger partial charge in [0.1, 0.15) is 5.75 Å². The van der Waals surface area contributed by atoms with Gasteiger partial charge in [-0.2, -0.15) is 4.39 Å². The number of hydrogen-bond donors (Lipinski definition) is 0. The van der Waals surface area contributed by atoms with Crippen LogP contribution in [0.5, 0.6) is 5.75 Å². The second-order valence-electron chi connectivity index (χ2n) is 9.15. The Labute approximate surface area is 175 Å². The molecule has 0 saturated carbocycles. The van der Waals surface area contributed by atoms with Crippen molar-refractivity contribution in [3.8, 4) is 5.75 Å². The van der Waals surface area contributed by atoms with Crippen molar-refractivity contribution in [1.29, 1.82) is 0 Å². The van der Waals surface area contributed by atoms with Crippen molar-refractivity contribution in [3.05, 3.63) is 40.7 Å². The Morgan fingerprint density at radius 1 is 1.14 bits per heavy atom. The van der Waals surface area contributed by atoms with E-state index >= 15 is 4.39 Å². The number of allylic oxidation sites excluding steroid dienone is 3. The lowest BCUT2D eigenvalue weighted by Crippen LogP contribution is -2.25. The molecular weight excluding hydrogens is 367 g/mol. The maximum Gasteiger partial charge on any atom is 0.367 e. The summed E-state index contributed by atoms with van der Waals surface area (Å²) in [5, 5.41) is 0. The molecule has 0 atom stereocenters. The van der Waals surface area contributed by atoms with E-state index in [2.05, 4.69) is 40.7 Å². The molecule has 1 aliphatic carbocycles. The first-order valence-corrected chi connectivity index (χ1v) is 10.6. The number of ether oxygens (including phenoxy) is 2. The fraction of sp³-hybridized carbons (Fsp3) is 0.560. The van der Waals surface area contributed by atoms with E-state index in [1.54, 1.807) is 6.92 Å². The topological polar surface area (TPSA) is 35.5 Å². The van der Waals surface area contributed by atoms with Gasteiger partial charge >= 0.3 is 5.97 Å². The molecule has 0 radical (unpaired) electrons. The summed E-state index contributed by atoms with van der Waals surface area (Å²) in [7, 11) is 0. The van der Waals surface area contributed by atoms with Gasteiger partial charge in [-0.05, 0) is 66.4 Å². The molecule has 0 N–H and O–H groups in total. The monoisotopic (exact) mass is 402 g/mol. The molecule has 4 heteroatoms. The van der Waals surface area contributed by atoms with Gasteiger partial charge in [-0.15, -0.1) is 0 Å². The number of benzene rings is 1. The van der Waals surface area contributed by atoms with Crippen LogP contribution in [0.4, 0.5) is 4.39 Å². The molecule has 3 nitrogen and oxygen atoms in total. The third-order valence-electron chi connectivity index (χ3n) is 5.46. The molecule has 0 aliphatic heterocycles. The zero-order chi connectivity index (χ0) is 22.0. The molecule has 0 amide bonds. The van der Waals surface area contributed by atoms with E-state index in [9.17, 15) is 4.79 Å². The van der Waals surface area contributed by atoms with Crippen LogP contribution in [0.3, 0.4) is 0 Å². The number of carbonyl (C=O) groups excluding carboxylic acids is 1. The zero-order valence-corrected chi connectivity index (χ0v) is 19.2. The maximum atomic E-state index is 15.0. The van der Waals surface area contributed by atoms with Gasteiger partial charge in [0.2, 0.25) is 5.83 Å². The lowest BCUT2D eigenvalue weighted by Gasteiger charge is -2.37. The first-order valence-electron chi connectivity index (χ1n) is 10.6. The van der Waals surface area contributed by atoms with Gasteiger partial charge in [0.25, 0.3) is 0 Å². The number of rotatable bonds is 6. The Hall–Kier alpha value is -2.10. The number of fused-ring (bicyclic) bond motifs is 1. The summed E-state index contributed by atoms with van der Waals surface area (Å²) < 4.78 is 25.8. The van der Waals surface area contributed by atoms with Crippen LogP contribution in [0.25, 0.3) is 11.1 Å². The number of hydrogen-bond acceptors (Lipinski definition) is 3. The number of esters is 1. The third kappa shape index (κ3) is 4.73. The predicted molar refractivity (Wildman–Crippen MR) is 118 cm³/mol. The Morgan fingerprint density at radius 2 is 1.79 bits per heavy atom. The van der Waals surface area contributed by atoms with Crippen molar-refractivity contribution in [2.24, 2.45) is 5.41 Å². The highest BCUT2D eigenvalue weighted by atomic mass is 19.1. The molecule has 0 bridgehead atoms. The highest BCUT2D eigenvalue weighted by molar-refractivity contribution is 5.96. The van der Waals surface area contributed by atoms with Gasteiger partial charge in [0.15, 0.2) is 0 Å². The molecule has 29 heavy (non-hydrogen) atoms. The first-order chi connectivity index (χ1) is 13.5. The molecule has 1 aliphatic rings. The van der Waals surface area contributed by atoms with Crippen LogP contribution < -0.4 is 4.74 Å². The van der Waals surface area contributed by atoms with Crippen LogP contribution >= 0.6 is 0 Å². The van der Waals surface area contributed by atoms with Crippen molar-refractivity contribution in [2.45, 2.75) is 73.6 Å². The Kier molecular flexibility index (Phi) is 6.97. The van der Waals surface area contributed by atoms with Crippen molar-refractivity contribution in [1.82, 2.24) is 0 Å². The number of carbonyl (C=O) groups is 1. The summed E-state index contributed by atoms with van der Waals surface area (Å²) >= 11 is 0. The third-order valence-corrected chi connectivity index (χ3v) is 5.46. The van der Waals surface area contributed by atoms with Gasteiger partial charge < -0.3 is 9.47 Å². The Bertz CT molecular complexity index is 838. The van der Waals surface area contributed by atoms with Crippen LogP contribution in [-0.2, 0) is 14.9 Å². The summed E-state index contributed by atoms with van der Waals surface area (Å²) in [5.41, 5.74) is 4.40. The van der Waals surface area contributed by atoms with Crippen LogP contribution in [0.2, 0.25) is 0 Å². The van der Waals surface area contributed by atoms with E-state index in [4.69, 9.17) is 9.47 Å². The second-order valence-corrected chi connectivity index (χ2v) is 9.15. The van der Waals surface area contributed by atoms with Crippen LogP contribution in [0, 0.1) is 5.41 Å². The summed E-state index contributed by atoms with van der Waals surface area (Å²) in [6.07, 6.45) is 3.59. The minimum atomic E-state index is -0.920. The molecule has 1 aromatic rings. The maximum absolute atomic E-state index is 15.0. The lowest BCUT2D eigenvalue weighted by atomic mass is 9.67. The zero-order valence-electron chi connectivity index (χ0n) is 19.2. The van der Waals surface area contributed by atoms with Crippen molar-refractivity contribution < 1.29 is 18.7 Å². The largest absolute Gasteiger partial charge is 0.493 e. The molecule has 0 aromatic heterocycles. The van der Waals surface area contributed by atoms with E-state index < -0.39 is 11.8 Å². The highest BCUT2D eigenvalue weighted by Crippen LogP contribution is 2.48. The van der Waals surface area contributed by atoms with Crippen LogP contribution in [-0.4, -0.2) is 19.2 Å². The summed E-state index contributed by atoms with van der Waals surface area (Å²) in [6.45, 7) is 17.0. The quantitative estimate of drug-likeness (QED) is 0.385. The van der Waals surface area contributed by atoms with Gasteiger partial charge in [-0.1, -0.05) is 47.6 Å². The molecular formula is C25H35FO3. The minimum Gasteiger partial charge on any atom is -0.493 e. The van der Waals surface area contributed by atoms with Crippen molar-refractivity contribution >= 4 is 17.1 Å². The standard InChI is InChI=1S/C25H35FO3/c1-9-16(22(26)23(27)29-11-3)17-14-18-19(24(4,5)6)12-13-25(7,8)20(18)15-21(17)28-10-2/h12,14-15H,9-11,13H2,1-8H3/b22-16+. The van der Waals surface area contributed by atoms with Crippen molar-refractivity contribution in [2.75, 3.05) is 13.2 Å². The SMILES string of the molecule is CCOC(=O)/C(F)=C(/CC)c1cc2c(cc1OCC)C(C)(C)CC=C2C(C)(C)C. The van der Waals surface area contributed by atoms with E-state index in [0.29, 0.717) is 29.9 Å². The van der Waals surface area contributed by atoms with E-state index in [1.807, 2.05) is 26.0 Å². The average molecular weight is 403 g/mol. The minimum absolute atomic E-state index is 0.0502. The predicted octanol–water partition coefficient (Wildman–Crippen LogP) is 6.85. The number of halogens is 1. The highest BCUT2D eigenvalue weighted by Gasteiger charge is 2.34. The van der Waals surface area contributed by atoms with Gasteiger partial charge in [0.05, 0.1) is 13.2 Å². The van der Waals surface area contributed by atoms with E-state index in [-0.39, 0.29) is 17.4 Å². The normalized spacial score (nSPS) is 16.5. The van der Waals surface area contributed by atoms with Crippen LogP contribution in [0.15, 0.2) is 24.0 Å². The average Bonchev–Trinajstić information content (AvgIpc) is 2.62. The summed E-state index contributed by atoms with van der Waals surface area (Å²) in [6, 6.07) is 4.05. The lowest BCUT2D eigenvalue weighted by molar-refractivity contribution is -0.140. The molecule has 0 unspecified atom stereocenters. The van der Waals surface area contributed by atoms with E-state index in [1.165, 1.54) is 11.1 Å². The molecule has 160 valence electrons. The van der Waals surface area contributed by atoms with Crippen LogP contribution in [0.1, 0.15) is 84.9 Å². The fourth-order valence-corrected chi connectivity index (χ4v) is 3.94. The molecule has 0 spiro atoms. The first kappa shape index (κ1) is 23.2. The smallest absolute Gasteiger partial charge is 0.367 e. The molecule has 0 heterocycles. The molecule has 0 saturated heterocycles. The molecule has 2 rings (SSSR count). The van der Waals surface area contributed by atoms with Gasteiger partial charge in [-0.3, -0.25) is 0 Å².